The number of hydrogen-bond acceptors (Lipinski definition) is 18. The summed E-state index contributed by atoms with van der Waals surface area (Å²) in [5, 5.41) is 7.37. The van der Waals surface area contributed by atoms with Gasteiger partial charge in [-0.2, -0.15) is 0 Å². The van der Waals surface area contributed by atoms with Gasteiger partial charge in [0.2, 0.25) is 0 Å². The Hall–Kier alpha value is 1.82. The van der Waals surface area contributed by atoms with Gasteiger partial charge in [-0.1, -0.05) is 0 Å². The third-order valence-corrected chi connectivity index (χ3v) is 13.1. The number of phosphoric ester groups is 2. The molecule has 1 aromatic heterocycles. The zero-order valence-electron chi connectivity index (χ0n) is 29.0. The summed E-state index contributed by atoms with van der Waals surface area (Å²) in [5.74, 6) is -0.135. The molecule has 0 spiro atoms. The average molecular weight is 1050 g/mol. The molecule has 2 saturated heterocycles. The number of ether oxygens (including phenoxy) is 2. The van der Waals surface area contributed by atoms with E-state index in [9.17, 15) is 37.2 Å². The van der Waals surface area contributed by atoms with Crippen LogP contribution < -0.4 is 0 Å². The van der Waals surface area contributed by atoms with Crippen molar-refractivity contribution in [2.45, 2.75) is 50.5 Å². The van der Waals surface area contributed by atoms with Crippen molar-refractivity contribution in [1.82, 2.24) is 15.0 Å². The summed E-state index contributed by atoms with van der Waals surface area (Å²) >= 11 is 0. The number of phosphoric acid groups is 6. The predicted octanol–water partition coefficient (Wildman–Crippen LogP) is 1.86. The van der Waals surface area contributed by atoms with Crippen molar-refractivity contribution in [2.75, 3.05) is 13.2 Å². The molecule has 8 N–H and O–H groups in total. The molecule has 0 aromatic carbocycles. The SMILES string of the molecule is [B]=N[C@H]1CC(C)[C@@H](COP(=O)(O)OP(=O)(O)OP(=O)(O)O)O1.[B]=N[C@H]1CC(n2ccnn2)[C@@H](COP(=O)(O)OP(=O)(O)OP(=O)(O)O)O1.[CH3-].[CH3-].[CH3-].[CH3-].[Y].[Y]. The Morgan fingerprint density at radius 2 is 1.07 bits per heavy atom. The topological polar surface area (TPSA) is 394 Å². The molecule has 27 nitrogen and oxygen atoms in total. The first kappa shape index (κ1) is 65.0. The van der Waals surface area contributed by atoms with Gasteiger partial charge in [0, 0.05) is 65.4 Å². The summed E-state index contributed by atoms with van der Waals surface area (Å²) in [6.07, 6.45) is 0.590. The second kappa shape index (κ2) is 26.9. The maximum atomic E-state index is 11.7. The molecular formula is C17H39B2N5O22P6Y2-4. The van der Waals surface area contributed by atoms with Gasteiger partial charge in [0.15, 0.2) is 0 Å². The molecular weight excluding hydrogens is 1010 g/mol. The predicted molar refractivity (Wildman–Crippen MR) is 176 cm³/mol. The molecule has 2 aliphatic rings. The van der Waals surface area contributed by atoms with Crippen LogP contribution in [-0.2, 0) is 129 Å². The first-order valence-electron chi connectivity index (χ1n) is 12.3. The Kier molecular flexibility index (Phi) is 32.4. The van der Waals surface area contributed by atoms with Gasteiger partial charge in [-0.15, -0.1) is 0 Å². The van der Waals surface area contributed by atoms with E-state index in [1.54, 1.807) is 6.92 Å². The standard InChI is InChI=1S/C7H13BN4O11P3.C6H14BNO11P3.4CH3.2Y/c8-10-7-3-5(12-2-1-9-11-12)6(21-7)4-20-25(16,17)23-26(18,19)22-24(13,14)15;1-4-2-6(8-7)17-5(4)3-16-21(12,13)19-22(14,15)18-20(9,10)11;;;;;;/h1-2,5-7H,3-4H2,(H,16,17)(H,18,19)(H2,13,14,15);4-6H,2-3H2,1H3,(H,12,13)(H,14,15)(H2,9,10,11);4*1H3;;/q;;4*-1;;/t5?,6-,7-;4?,5-,6-;;;;;;/m11....../s1. The Bertz CT molecular complexity index is 1560. The van der Waals surface area contributed by atoms with Gasteiger partial charge in [0.05, 0.1) is 0 Å². The van der Waals surface area contributed by atoms with E-state index in [0.717, 1.165) is 0 Å². The Labute approximate surface area is 363 Å². The summed E-state index contributed by atoms with van der Waals surface area (Å²) in [4.78, 5) is 77.2. The van der Waals surface area contributed by atoms with Gasteiger partial charge < -0.3 is 29.7 Å². The molecule has 0 amide bonds. The van der Waals surface area contributed by atoms with E-state index in [0.29, 0.717) is 6.42 Å². The number of rotatable bonds is 17. The van der Waals surface area contributed by atoms with E-state index in [1.165, 1.54) is 17.1 Å². The van der Waals surface area contributed by atoms with Crippen molar-refractivity contribution in [3.63, 3.8) is 0 Å². The summed E-state index contributed by atoms with van der Waals surface area (Å²) in [7, 11) is -22.1. The Morgan fingerprint density at radius 3 is 1.43 bits per heavy atom. The van der Waals surface area contributed by atoms with E-state index < -0.39 is 90.9 Å². The molecule has 0 aliphatic carbocycles. The van der Waals surface area contributed by atoms with E-state index in [2.05, 4.69) is 46.4 Å². The van der Waals surface area contributed by atoms with Crippen LogP contribution >= 0.6 is 46.9 Å². The Morgan fingerprint density at radius 1 is 0.685 bits per heavy atom. The molecule has 1 aromatic rings. The van der Waals surface area contributed by atoms with Gasteiger partial charge in [-0.25, -0.2) is 0 Å². The molecule has 3 rings (SSSR count). The summed E-state index contributed by atoms with van der Waals surface area (Å²) in [6.45, 7) is 0.591. The minimum Gasteiger partial charge on any atom is -0.358 e. The van der Waals surface area contributed by atoms with Gasteiger partial charge in [-0.3, -0.25) is 0 Å². The monoisotopic (exact) mass is 1050 g/mol. The van der Waals surface area contributed by atoms with Crippen LogP contribution in [0.15, 0.2) is 22.2 Å². The molecule has 3 heterocycles. The first-order chi connectivity index (χ1) is 21.7. The van der Waals surface area contributed by atoms with Crippen LogP contribution in [-0.4, -0.2) is 107 Å². The van der Waals surface area contributed by atoms with E-state index in [1.807, 2.05) is 0 Å². The molecule has 0 saturated carbocycles. The third kappa shape index (κ3) is 25.4. The van der Waals surface area contributed by atoms with Crippen LogP contribution in [0.1, 0.15) is 25.8 Å². The second-order valence-corrected chi connectivity index (χ2v) is 18.1. The molecule has 0 bridgehead atoms. The van der Waals surface area contributed by atoms with E-state index in [4.69, 9.17) is 54.1 Å². The van der Waals surface area contributed by atoms with Crippen LogP contribution in [0.2, 0.25) is 0 Å². The summed E-state index contributed by atoms with van der Waals surface area (Å²) in [6, 6.07) is -0.540. The molecule has 4 radical (unpaired) electrons. The summed E-state index contributed by atoms with van der Waals surface area (Å²) in [5.41, 5.74) is 0. The molecule has 2 aliphatic heterocycles. The molecule has 310 valence electrons. The van der Waals surface area contributed by atoms with Crippen molar-refractivity contribution in [1.29, 1.82) is 0 Å². The van der Waals surface area contributed by atoms with Crippen LogP contribution in [0.25, 0.3) is 0 Å². The van der Waals surface area contributed by atoms with Gasteiger partial charge >= 0.3 is 271 Å². The van der Waals surface area contributed by atoms with Gasteiger partial charge in [0.25, 0.3) is 0 Å². The number of hydrogen-bond donors (Lipinski definition) is 8. The quantitative estimate of drug-likeness (QED) is 0.0627. The zero-order valence-corrected chi connectivity index (χ0v) is 40.0. The molecule has 6 unspecified atom stereocenters. The maximum Gasteiger partial charge on any atom is 0 e. The van der Waals surface area contributed by atoms with Crippen LogP contribution in [0.3, 0.4) is 0 Å². The van der Waals surface area contributed by atoms with E-state index in [-0.39, 0.29) is 107 Å². The first-order valence-corrected chi connectivity index (χ1v) is 21.3. The average Bonchev–Trinajstić information content (AvgIpc) is 3.62. The van der Waals surface area contributed by atoms with Crippen molar-refractivity contribution < 1.29 is 168 Å². The van der Waals surface area contributed by atoms with Crippen molar-refractivity contribution in [3.8, 4) is 0 Å². The molecule has 37 heteroatoms. The van der Waals surface area contributed by atoms with E-state index >= 15 is 0 Å². The van der Waals surface area contributed by atoms with Gasteiger partial charge in [0.1, 0.15) is 0 Å². The van der Waals surface area contributed by atoms with Crippen LogP contribution in [0.5, 0.6) is 0 Å². The fourth-order valence-corrected chi connectivity index (χ4v) is 9.79. The maximum absolute atomic E-state index is 11.7. The third-order valence-electron chi connectivity index (χ3n) is 5.49. The largest absolute Gasteiger partial charge is 0.358 e. The van der Waals surface area contributed by atoms with Crippen molar-refractivity contribution in [3.05, 3.63) is 42.1 Å². The van der Waals surface area contributed by atoms with Crippen molar-refractivity contribution >= 4 is 62.2 Å². The minimum atomic E-state index is -5.59. The van der Waals surface area contributed by atoms with Gasteiger partial charge in [-0.05, 0) is 0 Å². The zero-order chi connectivity index (χ0) is 36.8. The minimum absolute atomic E-state index is 0. The molecule has 54 heavy (non-hydrogen) atoms. The fraction of sp³-hybridized carbons (Fsp3) is 0.647. The smallest absolute Gasteiger partial charge is 0 e. The number of aromatic nitrogens is 3. The fourth-order valence-electron chi connectivity index (χ4n) is 3.73. The normalized spacial score (nSPS) is 26.4. The van der Waals surface area contributed by atoms with Crippen LogP contribution in [0, 0.1) is 35.6 Å². The Balaban J connectivity index is -0.000000270. The molecule has 10 atom stereocenters. The summed E-state index contributed by atoms with van der Waals surface area (Å²) < 4.78 is 102. The second-order valence-electron chi connectivity index (χ2n) is 9.23. The van der Waals surface area contributed by atoms with Crippen molar-refractivity contribution in [2.24, 2.45) is 15.7 Å². The molecule has 2 fully saturated rings. The number of nitrogens with zero attached hydrogens (tertiary/aromatic N) is 5. The van der Waals surface area contributed by atoms with Crippen LogP contribution in [0.4, 0.5) is 0 Å².